The first-order valence-electron chi connectivity index (χ1n) is 23.2. The van der Waals surface area contributed by atoms with Gasteiger partial charge in [0.2, 0.25) is 17.7 Å². The van der Waals surface area contributed by atoms with E-state index in [1.54, 1.807) is 24.1 Å². The number of carbonyl (C=O) groups is 5. The Labute approximate surface area is 388 Å². The number of fused-ring (bicyclic) bond motifs is 6. The molecule has 6 bridgehead atoms. The van der Waals surface area contributed by atoms with Crippen LogP contribution in [0.5, 0.6) is 5.75 Å². The van der Waals surface area contributed by atoms with E-state index >= 15 is 0 Å². The lowest BCUT2D eigenvalue weighted by Crippen LogP contribution is -2.62. The number of cyclic esters (lactones) is 1. The Morgan fingerprint density at radius 2 is 1.83 bits per heavy atom. The van der Waals surface area contributed by atoms with Gasteiger partial charge in [0.05, 0.1) is 23.9 Å². The van der Waals surface area contributed by atoms with Crippen LogP contribution in [0.3, 0.4) is 0 Å². The van der Waals surface area contributed by atoms with Gasteiger partial charge in [0.1, 0.15) is 23.9 Å². The fraction of sp³-hybridized carbons (Fsp3) is 0.490. The summed E-state index contributed by atoms with van der Waals surface area (Å²) >= 11 is 0. The predicted molar refractivity (Wildman–Crippen MR) is 254 cm³/mol. The third kappa shape index (κ3) is 10.2. The monoisotopic (exact) mass is 903 g/mol. The number of amides is 4. The number of esters is 1. The van der Waals surface area contributed by atoms with Gasteiger partial charge in [0, 0.05) is 74.3 Å². The minimum absolute atomic E-state index is 0.00328. The topological polar surface area (TPSA) is 170 Å². The number of rotatable bonds is 10. The van der Waals surface area contributed by atoms with Gasteiger partial charge in [0.15, 0.2) is 0 Å². The second-order valence-corrected chi connectivity index (χ2v) is 19.6. The normalized spacial score (nSPS) is 20.5. The molecule has 3 aliphatic rings. The number of hydrazine groups is 1. The molecule has 3 aliphatic heterocycles. The number of hydrogen-bond acceptors (Lipinski definition) is 10. The Hall–Kier alpha value is -6.06. The van der Waals surface area contributed by atoms with Gasteiger partial charge in [-0.05, 0) is 117 Å². The molecule has 5 heterocycles. The van der Waals surface area contributed by atoms with E-state index in [0.29, 0.717) is 50.9 Å². The average Bonchev–Trinajstić information content (AvgIpc) is 3.89. The van der Waals surface area contributed by atoms with Crippen molar-refractivity contribution in [3.63, 3.8) is 0 Å². The predicted octanol–water partition coefficient (Wildman–Crippen LogP) is 5.32. The van der Waals surface area contributed by atoms with Crippen molar-refractivity contribution in [1.29, 1.82) is 0 Å². The summed E-state index contributed by atoms with van der Waals surface area (Å²) in [4.78, 5) is 79.3. The molecule has 2 aromatic heterocycles. The first kappa shape index (κ1) is 47.9. The van der Waals surface area contributed by atoms with Gasteiger partial charge >= 0.3 is 5.97 Å². The molecular weight excluding hydrogens is 837 g/mol. The number of hydrogen-bond donors (Lipinski definition) is 3. The number of aromatic hydroxyl groups is 1. The van der Waals surface area contributed by atoms with Crippen LogP contribution >= 0.6 is 0 Å². The van der Waals surface area contributed by atoms with Crippen molar-refractivity contribution in [2.45, 2.75) is 97.9 Å². The first-order valence-corrected chi connectivity index (χ1v) is 23.2. The number of phenolic OH excluding ortho intramolecular Hbond substituents is 1. The highest BCUT2D eigenvalue weighted by atomic mass is 16.5. The highest BCUT2D eigenvalue weighted by Crippen LogP contribution is 2.41. The Morgan fingerprint density at radius 1 is 1.06 bits per heavy atom. The number of nitrogens with one attached hydrogen (secondary N) is 2. The van der Waals surface area contributed by atoms with Crippen LogP contribution in [0.1, 0.15) is 70.7 Å². The van der Waals surface area contributed by atoms with Crippen LogP contribution in [-0.4, -0.2) is 129 Å². The van der Waals surface area contributed by atoms with E-state index in [4.69, 9.17) is 9.72 Å². The molecule has 2 fully saturated rings. The van der Waals surface area contributed by atoms with Crippen LogP contribution in [0.2, 0.25) is 0 Å². The quantitative estimate of drug-likeness (QED) is 0.140. The van der Waals surface area contributed by atoms with E-state index in [0.717, 1.165) is 44.5 Å². The number of nitrogens with zero attached hydrogens (tertiary/aromatic N) is 6. The van der Waals surface area contributed by atoms with Gasteiger partial charge in [-0.15, -0.1) is 0 Å². The Balaban J connectivity index is 1.31. The number of benzene rings is 2. The summed E-state index contributed by atoms with van der Waals surface area (Å²) < 4.78 is 8.44. The highest BCUT2D eigenvalue weighted by molar-refractivity contribution is 5.96. The summed E-state index contributed by atoms with van der Waals surface area (Å²) in [6.45, 7) is 15.9. The largest absolute Gasteiger partial charge is 0.508 e. The zero-order valence-electron chi connectivity index (χ0n) is 39.7. The van der Waals surface area contributed by atoms with Gasteiger partial charge in [-0.2, -0.15) is 0 Å². The van der Waals surface area contributed by atoms with E-state index in [2.05, 4.69) is 65.8 Å². The number of aryl methyl sites for hydroxylation is 1. The summed E-state index contributed by atoms with van der Waals surface area (Å²) in [7, 11) is 5.64. The van der Waals surface area contributed by atoms with Crippen LogP contribution < -0.4 is 10.7 Å². The van der Waals surface area contributed by atoms with Gasteiger partial charge < -0.3 is 34.4 Å². The van der Waals surface area contributed by atoms with E-state index in [1.807, 2.05) is 52.3 Å². The molecular formula is C51H66N8O7. The fourth-order valence-electron chi connectivity index (χ4n) is 9.99. The van der Waals surface area contributed by atoms with Crippen molar-refractivity contribution in [3.05, 3.63) is 84.2 Å². The van der Waals surface area contributed by atoms with Crippen molar-refractivity contribution < 1.29 is 33.8 Å². The number of aromatic nitrogens is 2. The summed E-state index contributed by atoms with van der Waals surface area (Å²) in [6.07, 6.45) is 5.04. The molecule has 15 nitrogen and oxygen atoms in total. The molecule has 0 saturated carbocycles. The number of likely N-dealkylation sites (tertiary alicyclic amines) is 1. The minimum atomic E-state index is -1.16. The van der Waals surface area contributed by atoms with E-state index in [-0.39, 0.29) is 49.6 Å². The van der Waals surface area contributed by atoms with Gasteiger partial charge in [-0.1, -0.05) is 46.4 Å². The molecule has 0 aliphatic carbocycles. The average molecular weight is 903 g/mol. The van der Waals surface area contributed by atoms with E-state index < -0.39 is 47.2 Å². The van der Waals surface area contributed by atoms with Gasteiger partial charge in [-0.25, -0.2) is 5.43 Å². The number of ether oxygens (including phenoxy) is 1. The smallest absolute Gasteiger partial charge is 0.324 e. The summed E-state index contributed by atoms with van der Waals surface area (Å²) in [5, 5.41) is 16.7. The van der Waals surface area contributed by atoms with Crippen LogP contribution in [0.4, 0.5) is 0 Å². The second-order valence-electron chi connectivity index (χ2n) is 19.6. The second kappa shape index (κ2) is 19.8. The van der Waals surface area contributed by atoms with Gasteiger partial charge in [0.25, 0.3) is 5.91 Å². The Bertz CT molecular complexity index is 2510. The standard InChI is InChI=1S/C51H66N8O7/c1-10-44(61)57-21-18-34(28-57)48(63)56(9)45(31(3)4)47(62)53-41-24-32-22-35(25-36(60)23-32)33-16-17-43-38(26-33)39(46(58(43)11-2)37-14-12-19-52-42(37)29-55(7)8)27-51(5,6)30-66-50(65)40-15-13-20-59(54-40)49(41)64/h10,12,14,16-17,19,22-23,25-26,31,34,40-41,45,54,60H,1,11,13,15,18,20-21,24,27-30H2,2-9H3,(H,53,62)/t34-,40-,41-,45-/m0/s1. The van der Waals surface area contributed by atoms with Crippen LogP contribution in [0.15, 0.2) is 67.4 Å². The van der Waals surface area contributed by atoms with E-state index in [9.17, 15) is 29.1 Å². The first-order chi connectivity index (χ1) is 31.4. The van der Waals surface area contributed by atoms with Crippen molar-refractivity contribution in [1.82, 2.24) is 40.0 Å². The van der Waals surface area contributed by atoms with Crippen molar-refractivity contribution in [2.75, 3.05) is 47.4 Å². The zero-order chi connectivity index (χ0) is 47.6. The molecule has 15 heteroatoms. The lowest BCUT2D eigenvalue weighted by Gasteiger charge is -2.37. The molecule has 7 rings (SSSR count). The molecule has 66 heavy (non-hydrogen) atoms. The highest BCUT2D eigenvalue weighted by Gasteiger charge is 2.40. The fourth-order valence-corrected chi connectivity index (χ4v) is 9.99. The number of pyridine rings is 1. The summed E-state index contributed by atoms with van der Waals surface area (Å²) in [5.41, 5.74) is 9.93. The number of likely N-dealkylation sites (N-methyl/N-ethyl adjacent to an activating group) is 1. The van der Waals surface area contributed by atoms with Crippen LogP contribution in [0, 0.1) is 17.3 Å². The molecule has 352 valence electrons. The van der Waals surface area contributed by atoms with Crippen molar-refractivity contribution >= 4 is 40.5 Å². The zero-order valence-corrected chi connectivity index (χ0v) is 39.7. The maximum Gasteiger partial charge on any atom is 0.324 e. The third-order valence-electron chi connectivity index (χ3n) is 13.1. The van der Waals surface area contributed by atoms with Crippen molar-refractivity contribution in [2.24, 2.45) is 17.3 Å². The third-order valence-corrected chi connectivity index (χ3v) is 13.1. The number of carbonyl (C=O) groups excluding carboxylic acids is 5. The molecule has 2 saturated heterocycles. The lowest BCUT2D eigenvalue weighted by atomic mass is 9.84. The lowest BCUT2D eigenvalue weighted by molar-refractivity contribution is -0.155. The molecule has 2 aromatic carbocycles. The van der Waals surface area contributed by atoms with Crippen LogP contribution in [-0.2, 0) is 54.6 Å². The molecule has 0 radical (unpaired) electrons. The number of phenols is 1. The molecule has 0 unspecified atom stereocenters. The Morgan fingerprint density at radius 3 is 2.55 bits per heavy atom. The molecule has 3 N–H and O–H groups in total. The van der Waals surface area contributed by atoms with Crippen LogP contribution in [0.25, 0.3) is 33.3 Å². The molecule has 0 spiro atoms. The summed E-state index contributed by atoms with van der Waals surface area (Å²) in [5.74, 6) is -2.82. The SMILES string of the molecule is C=CC(=O)N1CC[C@H](C(=O)N(C)[C@H](C(=O)N[C@H]2Cc3cc(O)cc(c3)-c3ccc4c(c3)c(c(-c3cccnc3CN(C)C)n4CC)CC(C)(C)COC(=O)[C@@H]3CCCN(N3)C2=O)C(C)C)C1. The molecule has 4 atom stereocenters. The maximum atomic E-state index is 14.7. The van der Waals surface area contributed by atoms with Crippen molar-refractivity contribution in [3.8, 4) is 28.1 Å². The Kier molecular flexibility index (Phi) is 14.4. The maximum absolute atomic E-state index is 14.7. The van der Waals surface area contributed by atoms with E-state index in [1.165, 1.54) is 16.0 Å². The minimum Gasteiger partial charge on any atom is -0.508 e. The van der Waals surface area contributed by atoms with Gasteiger partial charge in [-0.3, -0.25) is 34.0 Å². The molecule has 4 aromatic rings. The molecule has 4 amide bonds. The summed E-state index contributed by atoms with van der Waals surface area (Å²) in [6, 6.07) is 12.7.